The number of alkyl halides is 3. The van der Waals surface area contributed by atoms with Crippen molar-refractivity contribution in [3.63, 3.8) is 0 Å². The van der Waals surface area contributed by atoms with Crippen LogP contribution in [0.1, 0.15) is 36.5 Å². The summed E-state index contributed by atoms with van der Waals surface area (Å²) in [5.74, 6) is -0.781. The molecular weight excluding hydrogens is 511 g/mol. The number of unbranched alkanes of at least 4 members (excludes halogenated alkanes) is 1. The standard InChI is InChI=1S/C25H28F3N3O5S/c1-18(32)30-22-6-4-5-19(15-22)7-10-24(33)29-12-2-3-13-31-14-11-20-8-9-23(16-21(20)17-31)36-37(34,35)25(26,27)28/h4-10,15-16H,2-3,11-14,17H2,1H3,(H,29,33)(H,30,32)/b10-7+. The third-order valence-corrected chi connectivity index (χ3v) is 6.57. The number of benzene rings is 2. The van der Waals surface area contributed by atoms with Crippen LogP contribution in [0.5, 0.6) is 5.75 Å². The first-order chi connectivity index (χ1) is 17.4. The lowest BCUT2D eigenvalue weighted by Gasteiger charge is -2.29. The largest absolute Gasteiger partial charge is 0.534 e. The molecule has 2 aromatic carbocycles. The van der Waals surface area contributed by atoms with Crippen molar-refractivity contribution in [2.75, 3.05) is 25.0 Å². The summed E-state index contributed by atoms with van der Waals surface area (Å²) in [5, 5.41) is 5.50. The molecule has 1 aliphatic heterocycles. The van der Waals surface area contributed by atoms with Gasteiger partial charge in [0.05, 0.1) is 0 Å². The lowest BCUT2D eigenvalue weighted by Crippen LogP contribution is -2.32. The van der Waals surface area contributed by atoms with Crippen LogP contribution >= 0.6 is 0 Å². The van der Waals surface area contributed by atoms with Crippen LogP contribution in [-0.4, -0.2) is 50.3 Å². The summed E-state index contributed by atoms with van der Waals surface area (Å²) in [6.45, 7) is 3.84. The van der Waals surface area contributed by atoms with Crippen LogP contribution in [0.25, 0.3) is 6.08 Å². The summed E-state index contributed by atoms with van der Waals surface area (Å²) in [7, 11) is -5.71. The zero-order valence-corrected chi connectivity index (χ0v) is 21.0. The topological polar surface area (TPSA) is 105 Å². The molecule has 12 heteroatoms. The van der Waals surface area contributed by atoms with E-state index in [1.54, 1.807) is 30.3 Å². The molecule has 0 fully saturated rings. The molecule has 0 saturated heterocycles. The van der Waals surface area contributed by atoms with Crippen molar-refractivity contribution in [1.29, 1.82) is 0 Å². The van der Waals surface area contributed by atoms with E-state index in [2.05, 4.69) is 19.7 Å². The molecule has 8 nitrogen and oxygen atoms in total. The van der Waals surface area contributed by atoms with Gasteiger partial charge in [0.1, 0.15) is 5.75 Å². The second-order valence-corrected chi connectivity index (χ2v) is 10.1. The molecule has 2 amide bonds. The third-order valence-electron chi connectivity index (χ3n) is 5.59. The number of rotatable bonds is 10. The molecule has 0 aliphatic carbocycles. The number of fused-ring (bicyclic) bond motifs is 1. The van der Waals surface area contributed by atoms with Crippen LogP contribution in [-0.2, 0) is 32.7 Å². The van der Waals surface area contributed by atoms with E-state index in [4.69, 9.17) is 0 Å². The molecule has 2 N–H and O–H groups in total. The van der Waals surface area contributed by atoms with E-state index < -0.39 is 15.6 Å². The lowest BCUT2D eigenvalue weighted by molar-refractivity contribution is -0.116. The van der Waals surface area contributed by atoms with E-state index >= 15 is 0 Å². The zero-order valence-electron chi connectivity index (χ0n) is 20.2. The van der Waals surface area contributed by atoms with Crippen molar-refractivity contribution in [2.45, 2.75) is 38.2 Å². The van der Waals surface area contributed by atoms with E-state index in [9.17, 15) is 31.2 Å². The highest BCUT2D eigenvalue weighted by Crippen LogP contribution is 2.29. The lowest BCUT2D eigenvalue weighted by atomic mass is 9.99. The van der Waals surface area contributed by atoms with Gasteiger partial charge in [0.15, 0.2) is 0 Å². The molecule has 3 rings (SSSR count). The van der Waals surface area contributed by atoms with Crippen LogP contribution in [0.3, 0.4) is 0 Å². The SMILES string of the molecule is CC(=O)Nc1cccc(/C=C/C(=O)NCCCCN2CCc3ccc(OS(=O)(=O)C(F)(F)F)cc3C2)c1. The predicted octanol–water partition coefficient (Wildman–Crippen LogP) is 3.84. The van der Waals surface area contributed by atoms with Gasteiger partial charge in [0.2, 0.25) is 11.8 Å². The Morgan fingerprint density at radius 3 is 2.62 bits per heavy atom. The molecule has 0 unspecified atom stereocenters. The first-order valence-electron chi connectivity index (χ1n) is 11.6. The van der Waals surface area contributed by atoms with E-state index in [0.717, 1.165) is 36.1 Å². The van der Waals surface area contributed by atoms with Gasteiger partial charge in [-0.05, 0) is 72.8 Å². The Morgan fingerprint density at radius 1 is 1.11 bits per heavy atom. The van der Waals surface area contributed by atoms with Crippen molar-refractivity contribution < 1.29 is 35.4 Å². The van der Waals surface area contributed by atoms with Gasteiger partial charge in [-0.2, -0.15) is 21.6 Å². The van der Waals surface area contributed by atoms with Gasteiger partial charge in [-0.1, -0.05) is 18.2 Å². The summed E-state index contributed by atoms with van der Waals surface area (Å²) in [6, 6.07) is 11.3. The fraction of sp³-hybridized carbons (Fsp3) is 0.360. The molecule has 0 bridgehead atoms. The van der Waals surface area contributed by atoms with Gasteiger partial charge >= 0.3 is 15.6 Å². The smallest absolute Gasteiger partial charge is 0.376 e. The van der Waals surface area contributed by atoms with Crippen LogP contribution < -0.4 is 14.8 Å². The number of nitrogens with one attached hydrogen (secondary N) is 2. The second kappa shape index (κ2) is 12.2. The molecule has 200 valence electrons. The maximum Gasteiger partial charge on any atom is 0.534 e. The quantitative estimate of drug-likeness (QED) is 0.206. The fourth-order valence-electron chi connectivity index (χ4n) is 3.83. The Hall–Kier alpha value is -3.38. The van der Waals surface area contributed by atoms with Crippen LogP contribution in [0.15, 0.2) is 48.5 Å². The number of nitrogens with zero attached hydrogens (tertiary/aromatic N) is 1. The van der Waals surface area contributed by atoms with Gasteiger partial charge in [-0.3, -0.25) is 14.5 Å². The Kier molecular flexibility index (Phi) is 9.33. The van der Waals surface area contributed by atoms with Gasteiger partial charge < -0.3 is 14.8 Å². The van der Waals surface area contributed by atoms with E-state index in [0.29, 0.717) is 31.7 Å². The number of amides is 2. The van der Waals surface area contributed by atoms with E-state index in [1.165, 1.54) is 25.1 Å². The number of hydrogen-bond acceptors (Lipinski definition) is 6. The Morgan fingerprint density at radius 2 is 1.89 bits per heavy atom. The monoisotopic (exact) mass is 539 g/mol. The number of carbonyl (C=O) groups is 2. The summed E-state index contributed by atoms with van der Waals surface area (Å²) >= 11 is 0. The Bertz CT molecular complexity index is 1260. The molecule has 0 radical (unpaired) electrons. The molecule has 37 heavy (non-hydrogen) atoms. The minimum absolute atomic E-state index is 0.178. The van der Waals surface area contributed by atoms with Gasteiger partial charge in [0.25, 0.3) is 0 Å². The third kappa shape index (κ3) is 8.60. The summed E-state index contributed by atoms with van der Waals surface area (Å²) < 4.78 is 64.5. The number of anilines is 1. The van der Waals surface area contributed by atoms with Crippen LogP contribution in [0.4, 0.5) is 18.9 Å². The molecule has 0 aromatic heterocycles. The maximum absolute atomic E-state index is 12.6. The number of halogens is 3. The molecule has 1 aliphatic rings. The number of hydrogen-bond donors (Lipinski definition) is 2. The van der Waals surface area contributed by atoms with Crippen molar-refractivity contribution in [3.05, 3.63) is 65.2 Å². The van der Waals surface area contributed by atoms with Gasteiger partial charge in [-0.25, -0.2) is 0 Å². The highest BCUT2D eigenvalue weighted by Gasteiger charge is 2.48. The highest BCUT2D eigenvalue weighted by atomic mass is 32.2. The van der Waals surface area contributed by atoms with Crippen molar-refractivity contribution in [1.82, 2.24) is 10.2 Å². The van der Waals surface area contributed by atoms with Crippen molar-refractivity contribution >= 4 is 33.7 Å². The summed E-state index contributed by atoms with van der Waals surface area (Å²) in [6.07, 6.45) is 5.29. The molecule has 2 aromatic rings. The first-order valence-corrected chi connectivity index (χ1v) is 13.0. The molecular formula is C25H28F3N3O5S. The molecule has 1 heterocycles. The zero-order chi connectivity index (χ0) is 27.1. The summed E-state index contributed by atoms with van der Waals surface area (Å²) in [5.41, 5.74) is -2.41. The first kappa shape index (κ1) is 28.2. The van der Waals surface area contributed by atoms with E-state index in [-0.39, 0.29) is 17.6 Å². The molecule has 0 atom stereocenters. The fourth-order valence-corrected chi connectivity index (χ4v) is 4.29. The average Bonchev–Trinajstić information content (AvgIpc) is 2.81. The predicted molar refractivity (Wildman–Crippen MR) is 133 cm³/mol. The normalized spacial score (nSPS) is 14.3. The molecule has 0 spiro atoms. The van der Waals surface area contributed by atoms with Crippen LogP contribution in [0.2, 0.25) is 0 Å². The van der Waals surface area contributed by atoms with Crippen molar-refractivity contribution in [3.8, 4) is 5.75 Å². The highest BCUT2D eigenvalue weighted by molar-refractivity contribution is 7.88. The summed E-state index contributed by atoms with van der Waals surface area (Å²) in [4.78, 5) is 25.3. The Labute approximate surface area is 213 Å². The van der Waals surface area contributed by atoms with E-state index in [1.807, 2.05) is 6.07 Å². The minimum Gasteiger partial charge on any atom is -0.376 e. The minimum atomic E-state index is -5.71. The van der Waals surface area contributed by atoms with Gasteiger partial charge in [0, 0.05) is 38.3 Å². The van der Waals surface area contributed by atoms with Crippen molar-refractivity contribution in [2.24, 2.45) is 0 Å². The van der Waals surface area contributed by atoms with Gasteiger partial charge in [-0.15, -0.1) is 0 Å². The van der Waals surface area contributed by atoms with Crippen LogP contribution in [0, 0.1) is 0 Å². The maximum atomic E-state index is 12.6. The number of carbonyl (C=O) groups excluding carboxylic acids is 2. The second-order valence-electron chi connectivity index (χ2n) is 8.58. The molecule has 0 saturated carbocycles. The average molecular weight is 540 g/mol. The Balaban J connectivity index is 1.41.